The Kier molecular flexibility index (Phi) is 7.12. The lowest BCUT2D eigenvalue weighted by atomic mass is 9.82. The number of nitrogens with zero attached hydrogens (tertiary/aromatic N) is 1. The van der Waals surface area contributed by atoms with Crippen LogP contribution >= 0.6 is 0 Å². The molecule has 2 atom stereocenters. The van der Waals surface area contributed by atoms with Gasteiger partial charge in [-0.15, -0.1) is 0 Å². The van der Waals surface area contributed by atoms with Crippen LogP contribution in [0.2, 0.25) is 0 Å². The lowest BCUT2D eigenvalue weighted by Gasteiger charge is -2.24. The zero-order chi connectivity index (χ0) is 25.2. The normalized spacial score (nSPS) is 19.1. The van der Waals surface area contributed by atoms with Gasteiger partial charge in [0.25, 0.3) is 5.91 Å². The van der Waals surface area contributed by atoms with E-state index >= 15 is 0 Å². The minimum atomic E-state index is -0.906. The monoisotopic (exact) mass is 480 g/mol. The van der Waals surface area contributed by atoms with Crippen molar-refractivity contribution in [3.8, 4) is 11.1 Å². The van der Waals surface area contributed by atoms with E-state index in [1.54, 1.807) is 4.90 Å². The highest BCUT2D eigenvalue weighted by atomic mass is 16.5. The molecule has 2 aliphatic rings. The Balaban J connectivity index is 1.28. The van der Waals surface area contributed by atoms with Crippen LogP contribution in [0, 0.1) is 11.3 Å². The predicted molar refractivity (Wildman–Crippen MR) is 130 cm³/mol. The highest BCUT2D eigenvalue weighted by Gasteiger charge is 2.46. The molecule has 2 aromatic rings. The molecule has 0 radical (unpaired) electrons. The fraction of sp³-hybridized carbons (Fsp3) is 0.444. The Morgan fingerprint density at radius 3 is 2.23 bits per heavy atom. The van der Waals surface area contributed by atoms with Crippen molar-refractivity contribution in [2.24, 2.45) is 11.3 Å². The van der Waals surface area contributed by atoms with E-state index in [2.05, 4.69) is 29.6 Å². The van der Waals surface area contributed by atoms with Gasteiger partial charge in [0, 0.05) is 39.1 Å². The number of carboxylic acid groups (broad SMARTS) is 1. The number of carbonyl (C=O) groups excluding carboxylic acids is 2. The Morgan fingerprint density at radius 2 is 1.69 bits per heavy atom. The van der Waals surface area contributed by atoms with E-state index in [9.17, 15) is 19.5 Å². The molecule has 0 spiro atoms. The van der Waals surface area contributed by atoms with Gasteiger partial charge in [-0.3, -0.25) is 9.59 Å². The number of carboxylic acids is 1. The molecule has 1 aliphatic heterocycles. The summed E-state index contributed by atoms with van der Waals surface area (Å²) in [7, 11) is 1.44. The summed E-state index contributed by atoms with van der Waals surface area (Å²) in [6.45, 7) is 4.61. The van der Waals surface area contributed by atoms with Gasteiger partial charge in [0.2, 0.25) is 0 Å². The molecule has 0 saturated carbocycles. The standard InChI is InChI=1S/C27H32N2O6/c1-27(2)16-29(14-22(27)25(31)32)24(30)23(34-3)12-13-28-26(33)35-15-21-19-10-6-4-8-17(19)18-9-5-7-11-20(18)21/h4-11,21-23H,12-16H2,1-3H3,(H,28,33)(H,31,32). The van der Waals surface area contributed by atoms with E-state index in [1.807, 2.05) is 38.1 Å². The van der Waals surface area contributed by atoms with Crippen molar-refractivity contribution < 1.29 is 29.0 Å². The van der Waals surface area contributed by atoms with Gasteiger partial charge in [-0.25, -0.2) is 4.79 Å². The lowest BCUT2D eigenvalue weighted by molar-refractivity contribution is -0.144. The molecule has 1 aliphatic carbocycles. The second-order valence-electron chi connectivity index (χ2n) is 9.86. The number of rotatable bonds is 8. The van der Waals surface area contributed by atoms with E-state index < -0.39 is 29.5 Å². The Bertz CT molecular complexity index is 1070. The number of fused-ring (bicyclic) bond motifs is 3. The maximum absolute atomic E-state index is 12.9. The van der Waals surface area contributed by atoms with Gasteiger partial charge in [-0.1, -0.05) is 62.4 Å². The minimum Gasteiger partial charge on any atom is -0.481 e. The quantitative estimate of drug-likeness (QED) is 0.599. The number of benzene rings is 2. The van der Waals surface area contributed by atoms with E-state index in [0.717, 1.165) is 22.3 Å². The van der Waals surface area contributed by atoms with Crippen LogP contribution in [0.3, 0.4) is 0 Å². The number of nitrogens with one attached hydrogen (secondary N) is 1. The number of aliphatic carboxylic acids is 1. The van der Waals surface area contributed by atoms with Crippen LogP contribution in [0.25, 0.3) is 11.1 Å². The SMILES string of the molecule is COC(CCNC(=O)OCC1c2ccccc2-c2ccccc21)C(=O)N1CC(C(=O)O)C(C)(C)C1. The van der Waals surface area contributed by atoms with Crippen LogP contribution in [0.15, 0.2) is 48.5 Å². The summed E-state index contributed by atoms with van der Waals surface area (Å²) in [6, 6.07) is 16.3. The number of methoxy groups -OCH3 is 1. The lowest BCUT2D eigenvalue weighted by Crippen LogP contribution is -2.41. The summed E-state index contributed by atoms with van der Waals surface area (Å²) in [5.74, 6) is -1.82. The summed E-state index contributed by atoms with van der Waals surface area (Å²) < 4.78 is 10.9. The third-order valence-electron chi connectivity index (χ3n) is 7.13. The van der Waals surface area contributed by atoms with Gasteiger partial charge in [0.1, 0.15) is 12.7 Å². The highest BCUT2D eigenvalue weighted by Crippen LogP contribution is 2.44. The first-order valence-corrected chi connectivity index (χ1v) is 11.9. The number of hydrogen-bond donors (Lipinski definition) is 2. The van der Waals surface area contributed by atoms with Crippen LogP contribution in [0.1, 0.15) is 37.3 Å². The maximum Gasteiger partial charge on any atom is 0.407 e. The van der Waals surface area contributed by atoms with Crippen LogP contribution in [0.5, 0.6) is 0 Å². The minimum absolute atomic E-state index is 0.0258. The summed E-state index contributed by atoms with van der Waals surface area (Å²) in [5.41, 5.74) is 4.08. The van der Waals surface area contributed by atoms with Crippen LogP contribution in [-0.4, -0.2) is 67.4 Å². The molecule has 35 heavy (non-hydrogen) atoms. The number of likely N-dealkylation sites (tertiary alicyclic amines) is 1. The third-order valence-corrected chi connectivity index (χ3v) is 7.13. The fourth-order valence-corrected chi connectivity index (χ4v) is 5.21. The number of carbonyl (C=O) groups is 3. The first kappa shape index (κ1) is 24.7. The average Bonchev–Trinajstić information content (AvgIpc) is 3.34. The van der Waals surface area contributed by atoms with E-state index in [-0.39, 0.29) is 37.9 Å². The van der Waals surface area contributed by atoms with Crippen molar-refractivity contribution >= 4 is 18.0 Å². The van der Waals surface area contributed by atoms with Crippen molar-refractivity contribution in [1.29, 1.82) is 0 Å². The molecule has 4 rings (SSSR count). The van der Waals surface area contributed by atoms with E-state index in [4.69, 9.17) is 9.47 Å². The van der Waals surface area contributed by atoms with Crippen LogP contribution < -0.4 is 5.32 Å². The second-order valence-corrected chi connectivity index (χ2v) is 9.86. The van der Waals surface area contributed by atoms with Crippen molar-refractivity contribution in [2.45, 2.75) is 32.3 Å². The summed E-state index contributed by atoms with van der Waals surface area (Å²) >= 11 is 0. The molecule has 1 heterocycles. The van der Waals surface area contributed by atoms with Gasteiger partial charge in [-0.2, -0.15) is 0 Å². The van der Waals surface area contributed by atoms with Crippen molar-refractivity contribution in [3.63, 3.8) is 0 Å². The third kappa shape index (κ3) is 5.03. The number of hydrogen-bond acceptors (Lipinski definition) is 5. The molecule has 8 heteroatoms. The number of amides is 2. The molecule has 8 nitrogen and oxygen atoms in total. The zero-order valence-electron chi connectivity index (χ0n) is 20.3. The molecule has 2 amide bonds. The predicted octanol–water partition coefficient (Wildman–Crippen LogP) is 3.50. The van der Waals surface area contributed by atoms with Gasteiger partial charge < -0.3 is 24.8 Å². The van der Waals surface area contributed by atoms with Crippen molar-refractivity contribution in [3.05, 3.63) is 59.7 Å². The maximum atomic E-state index is 12.9. The Morgan fingerprint density at radius 1 is 1.09 bits per heavy atom. The van der Waals surface area contributed by atoms with E-state index in [1.165, 1.54) is 7.11 Å². The largest absolute Gasteiger partial charge is 0.481 e. The van der Waals surface area contributed by atoms with Crippen LogP contribution in [0.4, 0.5) is 4.79 Å². The molecular weight excluding hydrogens is 448 g/mol. The first-order valence-electron chi connectivity index (χ1n) is 11.9. The molecule has 2 aromatic carbocycles. The highest BCUT2D eigenvalue weighted by molar-refractivity contribution is 5.83. The molecule has 2 N–H and O–H groups in total. The van der Waals surface area contributed by atoms with Crippen molar-refractivity contribution in [2.75, 3.05) is 33.4 Å². The Hall–Kier alpha value is -3.39. The van der Waals surface area contributed by atoms with Crippen LogP contribution in [-0.2, 0) is 19.1 Å². The Labute approximate surface area is 205 Å². The van der Waals surface area contributed by atoms with Crippen molar-refractivity contribution in [1.82, 2.24) is 10.2 Å². The summed E-state index contributed by atoms with van der Waals surface area (Å²) in [5, 5.41) is 12.2. The second kappa shape index (κ2) is 10.1. The molecule has 1 fully saturated rings. The van der Waals surface area contributed by atoms with Gasteiger partial charge in [0.15, 0.2) is 0 Å². The summed E-state index contributed by atoms with van der Waals surface area (Å²) in [6.07, 6.45) is -1.07. The summed E-state index contributed by atoms with van der Waals surface area (Å²) in [4.78, 5) is 38.4. The number of alkyl carbamates (subject to hydrolysis) is 1. The fourth-order valence-electron chi connectivity index (χ4n) is 5.21. The molecule has 0 bridgehead atoms. The molecule has 1 saturated heterocycles. The van der Waals surface area contributed by atoms with E-state index in [0.29, 0.717) is 6.54 Å². The average molecular weight is 481 g/mol. The zero-order valence-corrected chi connectivity index (χ0v) is 20.3. The van der Waals surface area contributed by atoms with Gasteiger partial charge in [-0.05, 0) is 27.7 Å². The smallest absolute Gasteiger partial charge is 0.407 e. The van der Waals surface area contributed by atoms with Gasteiger partial charge in [0.05, 0.1) is 5.92 Å². The van der Waals surface area contributed by atoms with Gasteiger partial charge >= 0.3 is 12.1 Å². The molecule has 2 unspecified atom stereocenters. The number of ether oxygens (including phenoxy) is 2. The molecule has 0 aromatic heterocycles. The molecule has 186 valence electrons. The topological polar surface area (TPSA) is 105 Å². The first-order chi connectivity index (χ1) is 16.7. The molecular formula is C27H32N2O6.